The molecule has 0 aliphatic heterocycles. The predicted octanol–water partition coefficient (Wildman–Crippen LogP) is 4.73. The van der Waals surface area contributed by atoms with Gasteiger partial charge in [0.25, 0.3) is 5.91 Å². The fourth-order valence-corrected chi connectivity index (χ4v) is 3.23. The summed E-state index contributed by atoms with van der Waals surface area (Å²) >= 11 is 1.32. The van der Waals surface area contributed by atoms with E-state index in [0.717, 1.165) is 21.6 Å². The second-order valence-corrected chi connectivity index (χ2v) is 7.08. The summed E-state index contributed by atoms with van der Waals surface area (Å²) in [5, 5.41) is 12.4. The average molecular weight is 377 g/mol. The van der Waals surface area contributed by atoms with Gasteiger partial charge in [-0.05, 0) is 36.3 Å². The van der Waals surface area contributed by atoms with Crippen LogP contribution in [0.4, 0.5) is 9.52 Å². The molecule has 1 amide bonds. The summed E-state index contributed by atoms with van der Waals surface area (Å²) < 4.78 is 13.0. The van der Waals surface area contributed by atoms with E-state index in [1.807, 2.05) is 37.3 Å². The van der Waals surface area contributed by atoms with E-state index in [0.29, 0.717) is 11.6 Å². The van der Waals surface area contributed by atoms with Gasteiger partial charge in [-0.1, -0.05) is 42.0 Å². The van der Waals surface area contributed by atoms with Crippen molar-refractivity contribution in [1.29, 1.82) is 5.26 Å². The molecule has 4 nitrogen and oxygen atoms in total. The first-order chi connectivity index (χ1) is 13.0. The lowest BCUT2D eigenvalue weighted by Crippen LogP contribution is -2.13. The minimum absolute atomic E-state index is 0.00846. The molecule has 0 fully saturated rings. The van der Waals surface area contributed by atoms with E-state index >= 15 is 0 Å². The molecular weight excluding hydrogens is 361 g/mol. The van der Waals surface area contributed by atoms with Crippen LogP contribution in [-0.2, 0) is 11.2 Å². The molecule has 0 unspecified atom stereocenters. The van der Waals surface area contributed by atoms with Crippen molar-refractivity contribution in [2.75, 3.05) is 5.32 Å². The van der Waals surface area contributed by atoms with Crippen LogP contribution in [0.25, 0.3) is 6.08 Å². The van der Waals surface area contributed by atoms with E-state index in [9.17, 15) is 14.4 Å². The zero-order valence-corrected chi connectivity index (χ0v) is 15.4. The van der Waals surface area contributed by atoms with Crippen LogP contribution in [-0.4, -0.2) is 10.9 Å². The highest BCUT2D eigenvalue weighted by atomic mass is 32.1. The molecule has 0 saturated heterocycles. The number of carbonyl (C=O) groups is 1. The summed E-state index contributed by atoms with van der Waals surface area (Å²) in [6, 6.07) is 15.7. The van der Waals surface area contributed by atoms with Crippen molar-refractivity contribution in [3.8, 4) is 6.07 Å². The lowest BCUT2D eigenvalue weighted by molar-refractivity contribution is -0.112. The van der Waals surface area contributed by atoms with Gasteiger partial charge in [-0.2, -0.15) is 5.26 Å². The number of rotatable bonds is 5. The topological polar surface area (TPSA) is 65.8 Å². The maximum atomic E-state index is 13.0. The third kappa shape index (κ3) is 5.09. The van der Waals surface area contributed by atoms with E-state index in [1.54, 1.807) is 24.4 Å². The molecule has 0 bridgehead atoms. The molecule has 0 aliphatic carbocycles. The molecule has 0 atom stereocenters. The summed E-state index contributed by atoms with van der Waals surface area (Å²) in [7, 11) is 0. The van der Waals surface area contributed by atoms with E-state index in [1.165, 1.54) is 23.5 Å². The van der Waals surface area contributed by atoms with Gasteiger partial charge in [0, 0.05) is 17.5 Å². The maximum Gasteiger partial charge on any atom is 0.268 e. The van der Waals surface area contributed by atoms with Gasteiger partial charge in [-0.25, -0.2) is 9.37 Å². The minimum Gasteiger partial charge on any atom is -0.297 e. The van der Waals surface area contributed by atoms with Crippen LogP contribution in [0.1, 0.15) is 21.6 Å². The van der Waals surface area contributed by atoms with Gasteiger partial charge in [0.2, 0.25) is 0 Å². The van der Waals surface area contributed by atoms with E-state index in [4.69, 9.17) is 0 Å². The van der Waals surface area contributed by atoms with Crippen molar-refractivity contribution in [2.24, 2.45) is 0 Å². The number of halogens is 1. The van der Waals surface area contributed by atoms with Gasteiger partial charge in [-0.3, -0.25) is 10.1 Å². The zero-order valence-electron chi connectivity index (χ0n) is 14.6. The van der Waals surface area contributed by atoms with Gasteiger partial charge in [0.05, 0.1) is 0 Å². The molecule has 134 valence electrons. The Bertz CT molecular complexity index is 1010. The Kier molecular flexibility index (Phi) is 5.74. The Morgan fingerprint density at radius 2 is 1.93 bits per heavy atom. The third-order valence-electron chi connectivity index (χ3n) is 3.82. The van der Waals surface area contributed by atoms with Gasteiger partial charge >= 0.3 is 0 Å². The number of anilines is 1. The normalized spacial score (nSPS) is 11.1. The number of aromatic nitrogens is 1. The minimum atomic E-state index is -0.499. The fourth-order valence-electron chi connectivity index (χ4n) is 2.39. The number of nitrogens with one attached hydrogen (secondary N) is 1. The Morgan fingerprint density at radius 3 is 2.59 bits per heavy atom. The van der Waals surface area contributed by atoms with Gasteiger partial charge < -0.3 is 0 Å². The van der Waals surface area contributed by atoms with Crippen LogP contribution in [0.3, 0.4) is 0 Å². The standard InChI is InChI=1S/C21H16FN3OS/c1-14-2-4-15(5-3-14)10-17(12-23)20(26)25-21-24-13-19(27-21)11-16-6-8-18(22)9-7-16/h2-10,13H,11H2,1H3,(H,24,25,26)/b17-10+. The van der Waals surface area contributed by atoms with Gasteiger partial charge in [-0.15, -0.1) is 11.3 Å². The van der Waals surface area contributed by atoms with E-state index < -0.39 is 5.91 Å². The molecule has 0 radical (unpaired) electrons. The number of thiazole rings is 1. The van der Waals surface area contributed by atoms with Gasteiger partial charge in [0.1, 0.15) is 17.5 Å². The highest BCUT2D eigenvalue weighted by Crippen LogP contribution is 2.22. The summed E-state index contributed by atoms with van der Waals surface area (Å²) in [6.45, 7) is 1.97. The van der Waals surface area contributed by atoms with Crippen LogP contribution in [0, 0.1) is 24.1 Å². The molecule has 0 saturated carbocycles. The van der Waals surface area contributed by atoms with Crippen molar-refractivity contribution < 1.29 is 9.18 Å². The largest absolute Gasteiger partial charge is 0.297 e. The number of nitriles is 1. The highest BCUT2D eigenvalue weighted by molar-refractivity contribution is 7.15. The monoisotopic (exact) mass is 377 g/mol. The van der Waals surface area contributed by atoms with E-state index in [-0.39, 0.29) is 11.4 Å². The second kappa shape index (κ2) is 8.39. The molecule has 0 spiro atoms. The van der Waals surface area contributed by atoms with Crippen LogP contribution in [0.2, 0.25) is 0 Å². The SMILES string of the molecule is Cc1ccc(/C=C(\C#N)C(=O)Nc2ncc(Cc3ccc(F)cc3)s2)cc1. The van der Waals surface area contributed by atoms with Crippen LogP contribution in [0.5, 0.6) is 0 Å². The van der Waals surface area contributed by atoms with Crippen molar-refractivity contribution in [1.82, 2.24) is 4.98 Å². The number of hydrogen-bond acceptors (Lipinski definition) is 4. The Balaban J connectivity index is 1.68. The quantitative estimate of drug-likeness (QED) is 0.516. The second-order valence-electron chi connectivity index (χ2n) is 5.97. The fraction of sp³-hybridized carbons (Fsp3) is 0.0952. The highest BCUT2D eigenvalue weighted by Gasteiger charge is 2.12. The van der Waals surface area contributed by atoms with E-state index in [2.05, 4.69) is 10.3 Å². The van der Waals surface area contributed by atoms with Crippen LogP contribution >= 0.6 is 11.3 Å². The Morgan fingerprint density at radius 1 is 1.22 bits per heavy atom. The molecule has 27 heavy (non-hydrogen) atoms. The number of benzene rings is 2. The summed E-state index contributed by atoms with van der Waals surface area (Å²) in [5.41, 5.74) is 2.85. The number of nitrogens with zero attached hydrogens (tertiary/aromatic N) is 2. The Labute approximate surface area is 160 Å². The summed E-state index contributed by atoms with van der Waals surface area (Å²) in [5.74, 6) is -0.777. The maximum absolute atomic E-state index is 13.0. The first-order valence-corrected chi connectivity index (χ1v) is 9.04. The third-order valence-corrected chi connectivity index (χ3v) is 4.73. The van der Waals surface area contributed by atoms with Crippen molar-refractivity contribution in [2.45, 2.75) is 13.3 Å². The smallest absolute Gasteiger partial charge is 0.268 e. The molecule has 2 aromatic carbocycles. The average Bonchev–Trinajstić information content (AvgIpc) is 3.10. The molecule has 0 aliphatic rings. The molecule has 3 rings (SSSR count). The molecule has 6 heteroatoms. The summed E-state index contributed by atoms with van der Waals surface area (Å²) in [4.78, 5) is 17.5. The number of amides is 1. The van der Waals surface area contributed by atoms with Crippen molar-refractivity contribution in [3.63, 3.8) is 0 Å². The summed E-state index contributed by atoms with van der Waals surface area (Å²) in [6.07, 6.45) is 3.80. The van der Waals surface area contributed by atoms with Crippen molar-refractivity contribution >= 4 is 28.5 Å². The molecule has 1 heterocycles. The molecule has 1 N–H and O–H groups in total. The number of carbonyl (C=O) groups excluding carboxylic acids is 1. The first kappa shape index (κ1) is 18.5. The zero-order chi connectivity index (χ0) is 19.2. The lowest BCUT2D eigenvalue weighted by atomic mass is 10.1. The Hall–Kier alpha value is -3.30. The lowest BCUT2D eigenvalue weighted by Gasteiger charge is -2.01. The van der Waals surface area contributed by atoms with Crippen LogP contribution < -0.4 is 5.32 Å². The van der Waals surface area contributed by atoms with Crippen molar-refractivity contribution in [3.05, 3.63) is 87.7 Å². The van der Waals surface area contributed by atoms with Crippen LogP contribution in [0.15, 0.2) is 60.3 Å². The van der Waals surface area contributed by atoms with Gasteiger partial charge in [0.15, 0.2) is 5.13 Å². The molecular formula is C21H16FN3OS. The number of hydrogen-bond donors (Lipinski definition) is 1. The first-order valence-electron chi connectivity index (χ1n) is 8.22. The number of aryl methyl sites for hydroxylation is 1. The predicted molar refractivity (Wildman–Crippen MR) is 105 cm³/mol. The molecule has 3 aromatic rings. The molecule has 1 aromatic heterocycles.